The van der Waals surface area contributed by atoms with Crippen molar-refractivity contribution in [3.8, 4) is 0 Å². The molecule has 2 aromatic rings. The van der Waals surface area contributed by atoms with E-state index in [4.69, 9.17) is 21.4 Å². The topological polar surface area (TPSA) is 88.4 Å². The summed E-state index contributed by atoms with van der Waals surface area (Å²) < 4.78 is 4.94. The van der Waals surface area contributed by atoms with Crippen molar-refractivity contribution in [1.29, 1.82) is 0 Å². The zero-order chi connectivity index (χ0) is 16.8. The molecule has 0 fully saturated rings. The van der Waals surface area contributed by atoms with E-state index in [0.29, 0.717) is 35.7 Å². The average Bonchev–Trinajstić information content (AvgIpc) is 3.01. The van der Waals surface area contributed by atoms with Crippen LogP contribution in [0.5, 0.6) is 0 Å². The van der Waals surface area contributed by atoms with E-state index < -0.39 is 5.97 Å². The minimum Gasteiger partial charge on any atom is -0.461 e. The van der Waals surface area contributed by atoms with Gasteiger partial charge in [-0.3, -0.25) is 0 Å². The minimum atomic E-state index is -0.463. The molecule has 0 amide bonds. The second-order valence-electron chi connectivity index (χ2n) is 4.64. The van der Waals surface area contributed by atoms with Gasteiger partial charge in [0.1, 0.15) is 0 Å². The van der Waals surface area contributed by atoms with Crippen LogP contribution >= 0.6 is 22.9 Å². The Bertz CT molecular complexity index is 680. The number of rotatable bonds is 7. The van der Waals surface area contributed by atoms with E-state index in [1.807, 2.05) is 6.92 Å². The van der Waals surface area contributed by atoms with Crippen LogP contribution in [0.4, 0.5) is 10.9 Å². The van der Waals surface area contributed by atoms with Crippen LogP contribution < -0.4 is 4.90 Å². The summed E-state index contributed by atoms with van der Waals surface area (Å²) in [4.78, 5) is 17.8. The molecule has 0 radical (unpaired) electrons. The molecule has 1 N–H and O–H groups in total. The van der Waals surface area contributed by atoms with Crippen molar-refractivity contribution in [1.82, 2.24) is 15.2 Å². The second-order valence-corrected chi connectivity index (χ2v) is 5.84. The van der Waals surface area contributed by atoms with Crippen molar-refractivity contribution in [2.45, 2.75) is 20.3 Å². The van der Waals surface area contributed by atoms with Gasteiger partial charge in [-0.15, -0.1) is 21.5 Å². The first-order chi connectivity index (χ1) is 11.1. The third-order valence-corrected chi connectivity index (χ3v) is 4.17. The highest BCUT2D eigenvalue weighted by Crippen LogP contribution is 2.28. The lowest BCUT2D eigenvalue weighted by Crippen LogP contribution is -2.21. The molecule has 0 aromatic carbocycles. The predicted molar refractivity (Wildman–Crippen MR) is 88.6 cm³/mol. The maximum Gasteiger partial charge on any atom is 0.357 e. The van der Waals surface area contributed by atoms with Crippen molar-refractivity contribution < 1.29 is 14.6 Å². The molecule has 2 heterocycles. The Kier molecular flexibility index (Phi) is 6.26. The fraction of sp³-hybridized carbons (Fsp3) is 0.429. The van der Waals surface area contributed by atoms with E-state index >= 15 is 0 Å². The number of anilines is 2. The molecular weight excluding hydrogens is 340 g/mol. The first-order valence-corrected chi connectivity index (χ1v) is 8.33. The number of nitrogens with zero attached hydrogens (tertiary/aromatic N) is 4. The number of thiazole rings is 1. The molecule has 7 nitrogen and oxygen atoms in total. The summed E-state index contributed by atoms with van der Waals surface area (Å²) >= 11 is 7.21. The highest BCUT2D eigenvalue weighted by Gasteiger charge is 2.19. The Morgan fingerprint density at radius 2 is 2.26 bits per heavy atom. The lowest BCUT2D eigenvalue weighted by molar-refractivity contribution is 0.0520. The third kappa shape index (κ3) is 4.37. The van der Waals surface area contributed by atoms with Crippen LogP contribution in [0.25, 0.3) is 0 Å². The van der Waals surface area contributed by atoms with Gasteiger partial charge in [-0.25, -0.2) is 9.78 Å². The number of aryl methyl sites for hydroxylation is 1. The summed E-state index contributed by atoms with van der Waals surface area (Å²) in [5.41, 5.74) is 1.03. The summed E-state index contributed by atoms with van der Waals surface area (Å²) in [5.74, 6) is 0.0978. The van der Waals surface area contributed by atoms with Gasteiger partial charge in [0.25, 0.3) is 0 Å². The van der Waals surface area contributed by atoms with Gasteiger partial charge < -0.3 is 14.7 Å². The number of carbonyl (C=O) groups is 1. The average molecular weight is 357 g/mol. The predicted octanol–water partition coefficient (Wildman–Crippen LogP) is 2.59. The lowest BCUT2D eigenvalue weighted by atomic mass is 10.3. The molecule has 124 valence electrons. The molecule has 0 atom stereocenters. The third-order valence-electron chi connectivity index (χ3n) is 2.94. The molecule has 2 aromatic heterocycles. The van der Waals surface area contributed by atoms with E-state index in [-0.39, 0.29) is 12.3 Å². The van der Waals surface area contributed by atoms with E-state index in [1.54, 1.807) is 23.3 Å². The van der Waals surface area contributed by atoms with Gasteiger partial charge >= 0.3 is 5.97 Å². The zero-order valence-electron chi connectivity index (χ0n) is 12.8. The summed E-state index contributed by atoms with van der Waals surface area (Å²) in [6.07, 6.45) is 0.525. The monoisotopic (exact) mass is 356 g/mol. The molecule has 9 heteroatoms. The molecule has 0 aliphatic carbocycles. The second kappa shape index (κ2) is 8.19. The molecule has 0 saturated carbocycles. The van der Waals surface area contributed by atoms with Crippen molar-refractivity contribution in [2.24, 2.45) is 0 Å². The Morgan fingerprint density at radius 3 is 2.91 bits per heavy atom. The number of carbonyl (C=O) groups excluding carboxylic acids is 1. The largest absolute Gasteiger partial charge is 0.461 e. The molecule has 0 aliphatic heterocycles. The Balaban J connectivity index is 2.31. The summed E-state index contributed by atoms with van der Waals surface area (Å²) in [5, 5.41) is 19.6. The van der Waals surface area contributed by atoms with Crippen molar-refractivity contribution in [3.05, 3.63) is 27.9 Å². The quantitative estimate of drug-likeness (QED) is 0.762. The number of aliphatic hydroxyl groups excluding tert-OH is 1. The number of hydrogen-bond donors (Lipinski definition) is 1. The van der Waals surface area contributed by atoms with Gasteiger partial charge in [-0.2, -0.15) is 0 Å². The molecule has 23 heavy (non-hydrogen) atoms. The van der Waals surface area contributed by atoms with Gasteiger partial charge in [-0.05, 0) is 31.9 Å². The molecule has 0 saturated heterocycles. The Labute approximate surface area is 142 Å². The summed E-state index contributed by atoms with van der Waals surface area (Å²) in [6.45, 7) is 4.39. The van der Waals surface area contributed by atoms with Gasteiger partial charge in [-0.1, -0.05) is 11.6 Å². The van der Waals surface area contributed by atoms with Gasteiger partial charge in [0.15, 0.2) is 21.8 Å². The number of aliphatic hydroxyl groups is 1. The lowest BCUT2D eigenvalue weighted by Gasteiger charge is -2.20. The number of aromatic nitrogens is 3. The summed E-state index contributed by atoms with van der Waals surface area (Å²) in [7, 11) is 0. The van der Waals surface area contributed by atoms with Crippen LogP contribution in [0.3, 0.4) is 0 Å². The maximum absolute atomic E-state index is 11.7. The SMILES string of the molecule is CCOC(=O)c1csc(N(CCCO)c2cc(C)c(Cl)nn2)n1. The van der Waals surface area contributed by atoms with E-state index in [9.17, 15) is 4.79 Å². The molecular formula is C14H17ClN4O3S. The number of hydrogen-bond acceptors (Lipinski definition) is 8. The van der Waals surface area contributed by atoms with Gasteiger partial charge in [0, 0.05) is 18.5 Å². The normalized spacial score (nSPS) is 10.6. The van der Waals surface area contributed by atoms with Gasteiger partial charge in [0.2, 0.25) is 0 Å². The molecule has 0 aliphatic rings. The Hall–Kier alpha value is -1.77. The first kappa shape index (κ1) is 17.6. The van der Waals surface area contributed by atoms with Crippen LogP contribution in [0.2, 0.25) is 5.15 Å². The standard InChI is InChI=1S/C14H17ClN4O3S/c1-3-22-13(21)10-8-23-14(16-10)19(5-4-6-20)11-7-9(2)12(15)18-17-11/h7-8,20H,3-6H2,1-2H3. The van der Waals surface area contributed by atoms with E-state index in [0.717, 1.165) is 5.56 Å². The fourth-order valence-corrected chi connectivity index (χ4v) is 2.73. The van der Waals surface area contributed by atoms with Crippen molar-refractivity contribution in [2.75, 3.05) is 24.7 Å². The first-order valence-electron chi connectivity index (χ1n) is 7.07. The molecule has 0 unspecified atom stereocenters. The van der Waals surface area contributed by atoms with Crippen molar-refractivity contribution >= 4 is 39.9 Å². The summed E-state index contributed by atoms with van der Waals surface area (Å²) in [6, 6.07) is 1.79. The van der Waals surface area contributed by atoms with Crippen LogP contribution in [-0.4, -0.2) is 46.0 Å². The molecule has 0 spiro atoms. The maximum atomic E-state index is 11.7. The highest BCUT2D eigenvalue weighted by atomic mass is 35.5. The van der Waals surface area contributed by atoms with Crippen molar-refractivity contribution in [3.63, 3.8) is 0 Å². The Morgan fingerprint density at radius 1 is 1.48 bits per heavy atom. The fourth-order valence-electron chi connectivity index (χ4n) is 1.81. The van der Waals surface area contributed by atoms with Crippen LogP contribution in [-0.2, 0) is 4.74 Å². The number of ether oxygens (including phenoxy) is 1. The van der Waals surface area contributed by atoms with Gasteiger partial charge in [0.05, 0.1) is 6.61 Å². The minimum absolute atomic E-state index is 0.0343. The molecule has 2 rings (SSSR count). The van der Waals surface area contributed by atoms with E-state index in [2.05, 4.69) is 15.2 Å². The van der Waals surface area contributed by atoms with Crippen LogP contribution in [0, 0.1) is 6.92 Å². The van der Waals surface area contributed by atoms with Crippen LogP contribution in [0.1, 0.15) is 29.4 Å². The van der Waals surface area contributed by atoms with E-state index in [1.165, 1.54) is 11.3 Å². The smallest absolute Gasteiger partial charge is 0.357 e. The highest BCUT2D eigenvalue weighted by molar-refractivity contribution is 7.14. The molecule has 0 bridgehead atoms. The zero-order valence-corrected chi connectivity index (χ0v) is 14.4. The van der Waals surface area contributed by atoms with Crippen LogP contribution in [0.15, 0.2) is 11.4 Å². The number of halogens is 1. The number of esters is 1.